The smallest absolute Gasteiger partial charge is 0.208 e. The van der Waals surface area contributed by atoms with Gasteiger partial charge in [-0.1, -0.05) is 36.7 Å². The number of thioether (sulfide) groups is 1. The molecule has 3 aromatic rings. The van der Waals surface area contributed by atoms with E-state index in [2.05, 4.69) is 19.7 Å². The van der Waals surface area contributed by atoms with Crippen LogP contribution in [0.2, 0.25) is 0 Å². The van der Waals surface area contributed by atoms with E-state index in [9.17, 15) is 9.18 Å². The highest BCUT2D eigenvalue weighted by molar-refractivity contribution is 7.99. The Balaban J connectivity index is 1.41. The Labute approximate surface area is 174 Å². The van der Waals surface area contributed by atoms with Gasteiger partial charge in [-0.3, -0.25) is 9.89 Å². The van der Waals surface area contributed by atoms with Crippen molar-refractivity contribution in [3.63, 3.8) is 0 Å². The quantitative estimate of drug-likeness (QED) is 0.436. The van der Waals surface area contributed by atoms with Crippen LogP contribution in [-0.4, -0.2) is 31.3 Å². The van der Waals surface area contributed by atoms with Crippen LogP contribution in [0, 0.1) is 19.7 Å². The van der Waals surface area contributed by atoms with Gasteiger partial charge in [0.05, 0.1) is 5.75 Å². The number of nitrogens with zero attached hydrogens (tertiary/aromatic N) is 3. The summed E-state index contributed by atoms with van der Waals surface area (Å²) in [5.74, 6) is 1.57. The normalized spacial score (nSPS) is 14.6. The third-order valence-electron chi connectivity index (χ3n) is 5.68. The van der Waals surface area contributed by atoms with Crippen molar-refractivity contribution in [3.8, 4) is 0 Å². The number of aromatic nitrogens is 4. The minimum Gasteiger partial charge on any atom is -0.344 e. The van der Waals surface area contributed by atoms with E-state index in [0.29, 0.717) is 23.4 Å². The van der Waals surface area contributed by atoms with Crippen LogP contribution in [0.4, 0.5) is 4.39 Å². The van der Waals surface area contributed by atoms with Crippen molar-refractivity contribution in [2.24, 2.45) is 0 Å². The molecule has 1 aliphatic carbocycles. The van der Waals surface area contributed by atoms with Gasteiger partial charge in [0, 0.05) is 29.4 Å². The van der Waals surface area contributed by atoms with Crippen LogP contribution in [0.5, 0.6) is 0 Å². The van der Waals surface area contributed by atoms with Gasteiger partial charge < -0.3 is 4.57 Å². The monoisotopic (exact) mass is 412 g/mol. The number of H-pyrrole nitrogens is 1. The number of nitrogens with one attached hydrogen (secondary N) is 1. The molecular weight excluding hydrogens is 387 g/mol. The lowest BCUT2D eigenvalue weighted by Crippen LogP contribution is -2.07. The molecule has 7 heteroatoms. The number of hydrogen-bond acceptors (Lipinski definition) is 4. The number of Topliss-reactive ketones (excluding diaryl/α,β-unsaturated/α-hetero) is 1. The summed E-state index contributed by atoms with van der Waals surface area (Å²) in [6.45, 7) is 4.56. The second-order valence-corrected chi connectivity index (χ2v) is 8.64. The standard InChI is InChI=1S/C22H25FN4OS/c1-14-11-19(15(2)27(14)12-16-7-9-18(23)10-8-16)20(28)13-29-22-24-21(25-26-22)17-5-3-4-6-17/h7-11,17H,3-6,12-13H2,1-2H3,(H,24,25,26). The predicted molar refractivity (Wildman–Crippen MR) is 112 cm³/mol. The molecule has 1 saturated carbocycles. The number of carbonyl (C=O) groups is 1. The summed E-state index contributed by atoms with van der Waals surface area (Å²) in [4.78, 5) is 17.4. The Hall–Kier alpha value is -2.41. The molecule has 0 atom stereocenters. The highest BCUT2D eigenvalue weighted by Crippen LogP contribution is 2.32. The molecule has 1 aliphatic rings. The van der Waals surface area contributed by atoms with E-state index in [1.54, 1.807) is 12.1 Å². The SMILES string of the molecule is Cc1cc(C(=O)CSc2n[nH]c(C3CCCC3)n2)c(C)n1Cc1ccc(F)cc1. The largest absolute Gasteiger partial charge is 0.344 e. The van der Waals surface area contributed by atoms with E-state index >= 15 is 0 Å². The average Bonchev–Trinajstić information content (AvgIpc) is 3.45. The number of ketones is 1. The minimum absolute atomic E-state index is 0.0701. The summed E-state index contributed by atoms with van der Waals surface area (Å²) in [5, 5.41) is 7.96. The van der Waals surface area contributed by atoms with Gasteiger partial charge in [0.15, 0.2) is 5.78 Å². The summed E-state index contributed by atoms with van der Waals surface area (Å²) in [6, 6.07) is 8.41. The zero-order valence-electron chi connectivity index (χ0n) is 16.7. The highest BCUT2D eigenvalue weighted by atomic mass is 32.2. The third kappa shape index (κ3) is 4.45. The van der Waals surface area contributed by atoms with Gasteiger partial charge in [-0.2, -0.15) is 0 Å². The highest BCUT2D eigenvalue weighted by Gasteiger charge is 2.21. The first-order chi connectivity index (χ1) is 14.0. The molecule has 2 heterocycles. The van der Waals surface area contributed by atoms with E-state index in [1.165, 1.54) is 36.7 Å². The Bertz CT molecular complexity index is 1000. The first kappa shape index (κ1) is 19.9. The molecule has 0 saturated heterocycles. The molecule has 152 valence electrons. The van der Waals surface area contributed by atoms with E-state index in [4.69, 9.17) is 0 Å². The molecule has 1 fully saturated rings. The first-order valence-electron chi connectivity index (χ1n) is 10.0. The van der Waals surface area contributed by atoms with Crippen molar-refractivity contribution in [3.05, 3.63) is 64.5 Å². The van der Waals surface area contributed by atoms with Gasteiger partial charge in [0.1, 0.15) is 11.6 Å². The number of carbonyl (C=O) groups excluding carboxylic acids is 1. The fraction of sp³-hybridized carbons (Fsp3) is 0.409. The molecule has 4 rings (SSSR count). The van der Waals surface area contributed by atoms with Gasteiger partial charge in [0.25, 0.3) is 0 Å². The van der Waals surface area contributed by atoms with Crippen LogP contribution in [0.1, 0.15) is 64.7 Å². The van der Waals surface area contributed by atoms with Crippen molar-refractivity contribution >= 4 is 17.5 Å². The summed E-state index contributed by atoms with van der Waals surface area (Å²) in [5.41, 5.74) is 3.67. The van der Waals surface area contributed by atoms with E-state index in [-0.39, 0.29) is 11.6 Å². The minimum atomic E-state index is -0.245. The second kappa shape index (κ2) is 8.53. The van der Waals surface area contributed by atoms with Crippen molar-refractivity contribution in [1.29, 1.82) is 0 Å². The number of rotatable bonds is 7. The molecule has 0 aliphatic heterocycles. The van der Waals surface area contributed by atoms with Gasteiger partial charge in [0.2, 0.25) is 5.16 Å². The molecular formula is C22H25FN4OS. The molecule has 29 heavy (non-hydrogen) atoms. The molecule has 0 spiro atoms. The van der Waals surface area contributed by atoms with Crippen molar-refractivity contribution in [1.82, 2.24) is 19.7 Å². The average molecular weight is 413 g/mol. The number of benzene rings is 1. The fourth-order valence-electron chi connectivity index (χ4n) is 4.01. The van der Waals surface area contributed by atoms with E-state index in [0.717, 1.165) is 41.2 Å². The van der Waals surface area contributed by atoms with Gasteiger partial charge >= 0.3 is 0 Å². The Kier molecular flexibility index (Phi) is 5.85. The number of halogens is 1. The van der Waals surface area contributed by atoms with Crippen LogP contribution in [0.3, 0.4) is 0 Å². The zero-order valence-corrected chi connectivity index (χ0v) is 17.6. The molecule has 5 nitrogen and oxygen atoms in total. The van der Waals surface area contributed by atoms with E-state index in [1.807, 2.05) is 19.9 Å². The van der Waals surface area contributed by atoms with Crippen molar-refractivity contribution in [2.45, 2.75) is 57.1 Å². The Morgan fingerprint density at radius 3 is 2.69 bits per heavy atom. The second-order valence-electron chi connectivity index (χ2n) is 7.69. The topological polar surface area (TPSA) is 63.6 Å². The number of hydrogen-bond donors (Lipinski definition) is 1. The number of aromatic amines is 1. The number of aryl methyl sites for hydroxylation is 1. The maximum Gasteiger partial charge on any atom is 0.208 e. The lowest BCUT2D eigenvalue weighted by atomic mass is 10.1. The molecule has 0 unspecified atom stereocenters. The van der Waals surface area contributed by atoms with Gasteiger partial charge in [-0.05, 0) is 50.5 Å². The Morgan fingerprint density at radius 1 is 1.24 bits per heavy atom. The summed E-state index contributed by atoms with van der Waals surface area (Å²) < 4.78 is 15.2. The fourth-order valence-corrected chi connectivity index (χ4v) is 4.70. The first-order valence-corrected chi connectivity index (χ1v) is 11.0. The van der Waals surface area contributed by atoms with Gasteiger partial charge in [-0.15, -0.1) is 5.10 Å². The summed E-state index contributed by atoms with van der Waals surface area (Å²) >= 11 is 1.38. The maximum atomic E-state index is 13.1. The molecule has 0 amide bonds. The van der Waals surface area contributed by atoms with Crippen LogP contribution in [0.25, 0.3) is 0 Å². The van der Waals surface area contributed by atoms with Crippen LogP contribution >= 0.6 is 11.8 Å². The lowest BCUT2D eigenvalue weighted by Gasteiger charge is -2.10. The summed E-state index contributed by atoms with van der Waals surface area (Å²) in [6.07, 6.45) is 4.83. The predicted octanol–water partition coefficient (Wildman–Crippen LogP) is 5.04. The third-order valence-corrected chi connectivity index (χ3v) is 6.53. The maximum absolute atomic E-state index is 13.1. The lowest BCUT2D eigenvalue weighted by molar-refractivity contribution is 0.102. The molecule has 0 radical (unpaired) electrons. The summed E-state index contributed by atoms with van der Waals surface area (Å²) in [7, 11) is 0. The van der Waals surface area contributed by atoms with Crippen LogP contribution in [0.15, 0.2) is 35.5 Å². The van der Waals surface area contributed by atoms with E-state index < -0.39 is 0 Å². The van der Waals surface area contributed by atoms with Crippen molar-refractivity contribution < 1.29 is 9.18 Å². The van der Waals surface area contributed by atoms with Gasteiger partial charge in [-0.25, -0.2) is 9.37 Å². The zero-order chi connectivity index (χ0) is 20.4. The Morgan fingerprint density at radius 2 is 1.97 bits per heavy atom. The van der Waals surface area contributed by atoms with Crippen LogP contribution in [-0.2, 0) is 6.54 Å². The molecule has 2 aromatic heterocycles. The molecule has 0 bridgehead atoms. The van der Waals surface area contributed by atoms with Crippen LogP contribution < -0.4 is 0 Å². The van der Waals surface area contributed by atoms with Crippen molar-refractivity contribution in [2.75, 3.05) is 5.75 Å². The molecule has 1 aromatic carbocycles. The molecule has 1 N–H and O–H groups in total.